The number of nitrogens with zero attached hydrogens (tertiary/aromatic N) is 2. The molecular weight excluding hydrogens is 268 g/mol. The van der Waals surface area contributed by atoms with Crippen molar-refractivity contribution >= 4 is 17.1 Å². The van der Waals surface area contributed by atoms with E-state index in [0.29, 0.717) is 12.2 Å². The molecule has 3 N–H and O–H groups in total. The van der Waals surface area contributed by atoms with Crippen molar-refractivity contribution in [1.29, 1.82) is 0 Å². The summed E-state index contributed by atoms with van der Waals surface area (Å²) in [5.41, 5.74) is 5.74. The molecule has 0 saturated heterocycles. The normalized spacial score (nSPS) is 10.2. The number of anilines is 2. The molecule has 0 spiro atoms. The predicted molar refractivity (Wildman–Crippen MR) is 84.2 cm³/mol. The fourth-order valence-corrected chi connectivity index (χ4v) is 2.30. The minimum Gasteiger partial charge on any atom is -0.370 e. The molecule has 0 heterocycles. The Hall–Kier alpha value is -2.60. The lowest BCUT2D eigenvalue weighted by molar-refractivity contribution is -0.384. The van der Waals surface area contributed by atoms with E-state index in [4.69, 9.17) is 5.84 Å². The van der Waals surface area contributed by atoms with Gasteiger partial charge in [0, 0.05) is 25.3 Å². The molecule has 110 valence electrons. The number of rotatable bonds is 5. The molecule has 0 saturated carbocycles. The van der Waals surface area contributed by atoms with Gasteiger partial charge in [0.25, 0.3) is 5.69 Å². The van der Waals surface area contributed by atoms with E-state index >= 15 is 0 Å². The summed E-state index contributed by atoms with van der Waals surface area (Å²) in [5, 5.41) is 11.0. The Labute approximate surface area is 123 Å². The number of hydrogen-bond donors (Lipinski definition) is 2. The van der Waals surface area contributed by atoms with Crippen LogP contribution in [-0.4, -0.2) is 12.0 Å². The van der Waals surface area contributed by atoms with E-state index in [0.717, 1.165) is 16.8 Å². The molecule has 2 aromatic rings. The SMILES string of the molecule is Cc1ccccc1N(C)Cc1ccc(NN)c([N+](=O)[O-])c1. The van der Waals surface area contributed by atoms with Crippen molar-refractivity contribution in [2.75, 3.05) is 17.4 Å². The van der Waals surface area contributed by atoms with E-state index in [1.807, 2.05) is 44.3 Å². The Morgan fingerprint density at radius 3 is 2.62 bits per heavy atom. The lowest BCUT2D eigenvalue weighted by atomic mass is 10.1. The molecule has 0 aromatic heterocycles. The number of nitro groups is 1. The van der Waals surface area contributed by atoms with Gasteiger partial charge in [-0.25, -0.2) is 0 Å². The summed E-state index contributed by atoms with van der Waals surface area (Å²) in [7, 11) is 1.96. The molecule has 0 aliphatic carbocycles. The molecule has 0 fully saturated rings. The van der Waals surface area contributed by atoms with Crippen molar-refractivity contribution in [3.63, 3.8) is 0 Å². The Kier molecular flexibility index (Phi) is 4.39. The second-order valence-electron chi connectivity index (χ2n) is 4.90. The van der Waals surface area contributed by atoms with Gasteiger partial charge in [-0.1, -0.05) is 24.3 Å². The van der Waals surface area contributed by atoms with E-state index in [2.05, 4.69) is 10.3 Å². The number of nitro benzene ring substituents is 1. The highest BCUT2D eigenvalue weighted by Gasteiger charge is 2.14. The molecule has 0 aliphatic rings. The first-order valence-electron chi connectivity index (χ1n) is 6.53. The third-order valence-corrected chi connectivity index (χ3v) is 3.36. The van der Waals surface area contributed by atoms with Gasteiger partial charge in [-0.3, -0.25) is 16.0 Å². The summed E-state index contributed by atoms with van der Waals surface area (Å²) in [4.78, 5) is 12.7. The second kappa shape index (κ2) is 6.23. The summed E-state index contributed by atoms with van der Waals surface area (Å²) < 4.78 is 0. The molecule has 0 bridgehead atoms. The largest absolute Gasteiger partial charge is 0.370 e. The van der Waals surface area contributed by atoms with Crippen molar-refractivity contribution in [1.82, 2.24) is 0 Å². The number of hydrogen-bond acceptors (Lipinski definition) is 5. The topological polar surface area (TPSA) is 84.4 Å². The maximum absolute atomic E-state index is 11.0. The summed E-state index contributed by atoms with van der Waals surface area (Å²) in [5.74, 6) is 5.29. The Morgan fingerprint density at radius 1 is 1.29 bits per heavy atom. The van der Waals surface area contributed by atoms with Crippen LogP contribution in [0, 0.1) is 17.0 Å². The number of benzene rings is 2. The maximum Gasteiger partial charge on any atom is 0.293 e. The monoisotopic (exact) mass is 286 g/mol. The number of hydrazine groups is 1. The van der Waals surface area contributed by atoms with Gasteiger partial charge in [0.2, 0.25) is 0 Å². The average Bonchev–Trinajstić information content (AvgIpc) is 2.47. The average molecular weight is 286 g/mol. The summed E-state index contributed by atoms with van der Waals surface area (Å²) >= 11 is 0. The zero-order valence-corrected chi connectivity index (χ0v) is 12.0. The smallest absolute Gasteiger partial charge is 0.293 e. The van der Waals surface area contributed by atoms with Crippen LogP contribution in [0.1, 0.15) is 11.1 Å². The van der Waals surface area contributed by atoms with Crippen LogP contribution in [0.4, 0.5) is 17.1 Å². The van der Waals surface area contributed by atoms with Crippen LogP contribution in [0.3, 0.4) is 0 Å². The van der Waals surface area contributed by atoms with Crippen LogP contribution >= 0.6 is 0 Å². The molecule has 6 heteroatoms. The van der Waals surface area contributed by atoms with Crippen LogP contribution in [0.15, 0.2) is 42.5 Å². The Bertz CT molecular complexity index is 658. The number of nitrogens with two attached hydrogens (primary N) is 1. The Balaban J connectivity index is 2.26. The quantitative estimate of drug-likeness (QED) is 0.501. The number of nitrogens with one attached hydrogen (secondary N) is 1. The fraction of sp³-hybridized carbons (Fsp3) is 0.200. The molecular formula is C15H18N4O2. The van der Waals surface area contributed by atoms with Gasteiger partial charge >= 0.3 is 0 Å². The minimum atomic E-state index is -0.438. The van der Waals surface area contributed by atoms with Gasteiger partial charge in [0.05, 0.1) is 4.92 Å². The molecule has 0 amide bonds. The van der Waals surface area contributed by atoms with Gasteiger partial charge < -0.3 is 10.3 Å². The number of aryl methyl sites for hydroxylation is 1. The van der Waals surface area contributed by atoms with E-state index in [1.54, 1.807) is 12.1 Å². The van der Waals surface area contributed by atoms with Gasteiger partial charge in [-0.05, 0) is 30.2 Å². The molecule has 0 unspecified atom stereocenters. The van der Waals surface area contributed by atoms with E-state index in [1.165, 1.54) is 0 Å². The van der Waals surface area contributed by atoms with Crippen molar-refractivity contribution in [3.8, 4) is 0 Å². The van der Waals surface area contributed by atoms with Crippen LogP contribution < -0.4 is 16.2 Å². The van der Waals surface area contributed by atoms with Crippen molar-refractivity contribution < 1.29 is 4.92 Å². The molecule has 0 aliphatic heterocycles. The van der Waals surface area contributed by atoms with E-state index < -0.39 is 4.92 Å². The maximum atomic E-state index is 11.0. The Morgan fingerprint density at radius 2 is 2.00 bits per heavy atom. The first kappa shape index (κ1) is 14.8. The molecule has 2 rings (SSSR count). The highest BCUT2D eigenvalue weighted by molar-refractivity contribution is 5.62. The lowest BCUT2D eigenvalue weighted by Gasteiger charge is -2.21. The zero-order chi connectivity index (χ0) is 15.4. The van der Waals surface area contributed by atoms with Gasteiger partial charge in [-0.15, -0.1) is 0 Å². The van der Waals surface area contributed by atoms with Crippen LogP contribution in [0.2, 0.25) is 0 Å². The highest BCUT2D eigenvalue weighted by Crippen LogP contribution is 2.26. The van der Waals surface area contributed by atoms with Crippen molar-refractivity contribution in [2.45, 2.75) is 13.5 Å². The van der Waals surface area contributed by atoms with Gasteiger partial charge in [-0.2, -0.15) is 0 Å². The van der Waals surface area contributed by atoms with Crippen LogP contribution in [-0.2, 0) is 6.54 Å². The first-order valence-corrected chi connectivity index (χ1v) is 6.53. The van der Waals surface area contributed by atoms with Crippen LogP contribution in [0.5, 0.6) is 0 Å². The third kappa shape index (κ3) is 3.29. The molecule has 0 radical (unpaired) electrons. The van der Waals surface area contributed by atoms with Gasteiger partial charge in [0.15, 0.2) is 0 Å². The van der Waals surface area contributed by atoms with Crippen molar-refractivity contribution in [3.05, 3.63) is 63.7 Å². The zero-order valence-electron chi connectivity index (χ0n) is 12.0. The van der Waals surface area contributed by atoms with Gasteiger partial charge in [0.1, 0.15) is 5.69 Å². The van der Waals surface area contributed by atoms with Crippen molar-refractivity contribution in [2.24, 2.45) is 5.84 Å². The third-order valence-electron chi connectivity index (χ3n) is 3.36. The highest BCUT2D eigenvalue weighted by atomic mass is 16.6. The molecule has 21 heavy (non-hydrogen) atoms. The number of nitrogen functional groups attached to an aromatic ring is 1. The predicted octanol–water partition coefficient (Wildman–Crippen LogP) is 2.83. The van der Waals surface area contributed by atoms with Crippen LogP contribution in [0.25, 0.3) is 0 Å². The summed E-state index contributed by atoms with van der Waals surface area (Å²) in [6.45, 7) is 2.62. The minimum absolute atomic E-state index is 0.0202. The standard InChI is InChI=1S/C15H18N4O2/c1-11-5-3-4-6-14(11)18(2)10-12-7-8-13(17-16)15(9-12)19(20)21/h3-9,17H,10,16H2,1-2H3. The first-order chi connectivity index (χ1) is 10.0. The lowest BCUT2D eigenvalue weighted by Crippen LogP contribution is -2.17. The molecule has 6 nitrogen and oxygen atoms in total. The number of para-hydroxylation sites is 1. The summed E-state index contributed by atoms with van der Waals surface area (Å²) in [6, 6.07) is 13.0. The second-order valence-corrected chi connectivity index (χ2v) is 4.90. The fourth-order valence-electron chi connectivity index (χ4n) is 2.30. The molecule has 2 aromatic carbocycles. The van der Waals surface area contributed by atoms with E-state index in [9.17, 15) is 10.1 Å². The van der Waals surface area contributed by atoms with E-state index in [-0.39, 0.29) is 5.69 Å². The molecule has 0 atom stereocenters. The summed E-state index contributed by atoms with van der Waals surface area (Å²) in [6.07, 6.45) is 0.